The zero-order valence-corrected chi connectivity index (χ0v) is 15.5. The van der Waals surface area contributed by atoms with E-state index in [9.17, 15) is 14.7 Å². The first-order valence-electron chi connectivity index (χ1n) is 9.60. The fourth-order valence-corrected chi connectivity index (χ4v) is 3.22. The van der Waals surface area contributed by atoms with E-state index in [1.165, 1.54) is 19.3 Å². The summed E-state index contributed by atoms with van der Waals surface area (Å²) in [4.78, 5) is 23.7. The van der Waals surface area contributed by atoms with E-state index in [0.29, 0.717) is 12.8 Å². The number of amides is 1. The van der Waals surface area contributed by atoms with Gasteiger partial charge in [-0.05, 0) is 22.8 Å². The van der Waals surface area contributed by atoms with E-state index in [0.717, 1.165) is 35.6 Å². The summed E-state index contributed by atoms with van der Waals surface area (Å²) >= 11 is 0. The van der Waals surface area contributed by atoms with Crippen LogP contribution in [0.25, 0.3) is 10.8 Å². The minimum Gasteiger partial charge on any atom is -0.480 e. The molecule has 2 aromatic carbocycles. The van der Waals surface area contributed by atoms with Crippen LogP contribution in [0.15, 0.2) is 42.5 Å². The maximum absolute atomic E-state index is 12.1. The molecule has 4 heteroatoms. The first-order valence-corrected chi connectivity index (χ1v) is 9.60. The highest BCUT2D eigenvalue weighted by molar-refractivity contribution is 5.88. The molecule has 2 N–H and O–H groups in total. The fourth-order valence-electron chi connectivity index (χ4n) is 3.22. The fraction of sp³-hybridized carbons (Fsp3) is 0.455. The molecule has 0 aliphatic rings. The predicted molar refractivity (Wildman–Crippen MR) is 105 cm³/mol. The zero-order chi connectivity index (χ0) is 18.8. The van der Waals surface area contributed by atoms with Gasteiger partial charge in [0.1, 0.15) is 6.04 Å². The summed E-state index contributed by atoms with van der Waals surface area (Å²) in [6.07, 6.45) is 7.30. The number of hydrogen-bond donors (Lipinski definition) is 2. The molecule has 2 rings (SSSR count). The van der Waals surface area contributed by atoms with Gasteiger partial charge < -0.3 is 10.4 Å². The number of carbonyl (C=O) groups excluding carboxylic acids is 1. The van der Waals surface area contributed by atoms with Gasteiger partial charge >= 0.3 is 5.97 Å². The van der Waals surface area contributed by atoms with E-state index in [4.69, 9.17) is 0 Å². The van der Waals surface area contributed by atoms with Gasteiger partial charge in [0.15, 0.2) is 0 Å². The maximum atomic E-state index is 12.1. The average Bonchev–Trinajstić information content (AvgIpc) is 2.64. The lowest BCUT2D eigenvalue weighted by Crippen LogP contribution is -2.42. The number of carboxylic acid groups (broad SMARTS) is 1. The van der Waals surface area contributed by atoms with Gasteiger partial charge in [-0.3, -0.25) is 4.79 Å². The minimum absolute atomic E-state index is 0.173. The average molecular weight is 355 g/mol. The van der Waals surface area contributed by atoms with Crippen LogP contribution in [0.1, 0.15) is 57.4 Å². The highest BCUT2D eigenvalue weighted by Crippen LogP contribution is 2.20. The van der Waals surface area contributed by atoms with Crippen LogP contribution in [0.5, 0.6) is 0 Å². The number of unbranched alkanes of at least 4 members (excludes halogenated alkanes) is 5. The molecule has 140 valence electrons. The van der Waals surface area contributed by atoms with E-state index in [1.54, 1.807) is 0 Å². The number of hydrogen-bond acceptors (Lipinski definition) is 2. The van der Waals surface area contributed by atoms with Crippen LogP contribution in [0.2, 0.25) is 0 Å². The van der Waals surface area contributed by atoms with Crippen LogP contribution in [-0.2, 0) is 16.0 Å². The quantitative estimate of drug-likeness (QED) is 0.574. The van der Waals surface area contributed by atoms with Crippen molar-refractivity contribution in [3.8, 4) is 0 Å². The maximum Gasteiger partial charge on any atom is 0.326 e. The second-order valence-electron chi connectivity index (χ2n) is 6.82. The van der Waals surface area contributed by atoms with Crippen molar-refractivity contribution in [1.82, 2.24) is 5.32 Å². The Morgan fingerprint density at radius 2 is 1.65 bits per heavy atom. The molecule has 2 aromatic rings. The van der Waals surface area contributed by atoms with Crippen molar-refractivity contribution in [3.63, 3.8) is 0 Å². The van der Waals surface area contributed by atoms with E-state index in [1.807, 2.05) is 42.5 Å². The lowest BCUT2D eigenvalue weighted by molar-refractivity contribution is -0.141. The normalized spacial score (nSPS) is 12.0. The van der Waals surface area contributed by atoms with Gasteiger partial charge in [0.2, 0.25) is 5.91 Å². The molecule has 0 aromatic heterocycles. The van der Waals surface area contributed by atoms with Crippen LogP contribution >= 0.6 is 0 Å². The molecule has 26 heavy (non-hydrogen) atoms. The van der Waals surface area contributed by atoms with Crippen molar-refractivity contribution in [2.75, 3.05) is 0 Å². The van der Waals surface area contributed by atoms with Gasteiger partial charge in [0, 0.05) is 12.8 Å². The van der Waals surface area contributed by atoms with Crippen LogP contribution < -0.4 is 5.32 Å². The highest BCUT2D eigenvalue weighted by atomic mass is 16.4. The molecule has 0 saturated heterocycles. The van der Waals surface area contributed by atoms with E-state index in [2.05, 4.69) is 12.2 Å². The third-order valence-electron chi connectivity index (χ3n) is 4.69. The SMILES string of the molecule is CCCCCCCCC(=O)N[C@@H](Cc1cccc2ccccc12)C(=O)O. The summed E-state index contributed by atoms with van der Waals surface area (Å²) in [7, 11) is 0. The van der Waals surface area contributed by atoms with Crippen molar-refractivity contribution in [2.24, 2.45) is 0 Å². The molecule has 0 saturated carbocycles. The Morgan fingerprint density at radius 3 is 2.42 bits per heavy atom. The van der Waals surface area contributed by atoms with E-state index in [-0.39, 0.29) is 5.91 Å². The number of rotatable bonds is 11. The van der Waals surface area contributed by atoms with Crippen LogP contribution in [0.3, 0.4) is 0 Å². The van der Waals surface area contributed by atoms with Gasteiger partial charge in [0.25, 0.3) is 0 Å². The molecule has 0 radical (unpaired) electrons. The Kier molecular flexibility index (Phi) is 8.13. The molecular formula is C22H29NO3. The summed E-state index contributed by atoms with van der Waals surface area (Å²) < 4.78 is 0. The molecule has 0 heterocycles. The van der Waals surface area contributed by atoms with Crippen molar-refractivity contribution in [3.05, 3.63) is 48.0 Å². The summed E-state index contributed by atoms with van der Waals surface area (Å²) in [5.41, 5.74) is 0.940. The molecule has 4 nitrogen and oxygen atoms in total. The lowest BCUT2D eigenvalue weighted by atomic mass is 9.98. The Hall–Kier alpha value is -2.36. The molecule has 0 aliphatic heterocycles. The largest absolute Gasteiger partial charge is 0.480 e. The Balaban J connectivity index is 1.90. The smallest absolute Gasteiger partial charge is 0.326 e. The monoisotopic (exact) mass is 355 g/mol. The molecular weight excluding hydrogens is 326 g/mol. The molecule has 0 fully saturated rings. The van der Waals surface area contributed by atoms with E-state index >= 15 is 0 Å². The van der Waals surface area contributed by atoms with Crippen molar-refractivity contribution in [2.45, 2.75) is 64.3 Å². The second kappa shape index (κ2) is 10.6. The summed E-state index contributed by atoms with van der Waals surface area (Å²) in [5, 5.41) is 14.3. The van der Waals surface area contributed by atoms with Crippen LogP contribution in [0, 0.1) is 0 Å². The number of carbonyl (C=O) groups is 2. The third-order valence-corrected chi connectivity index (χ3v) is 4.69. The molecule has 0 unspecified atom stereocenters. The minimum atomic E-state index is -0.991. The highest BCUT2D eigenvalue weighted by Gasteiger charge is 2.21. The summed E-state index contributed by atoms with van der Waals surface area (Å²) in [5.74, 6) is -1.16. The lowest BCUT2D eigenvalue weighted by Gasteiger charge is -2.16. The first-order chi connectivity index (χ1) is 12.6. The molecule has 0 spiro atoms. The molecule has 0 aliphatic carbocycles. The zero-order valence-electron chi connectivity index (χ0n) is 15.5. The number of nitrogens with one attached hydrogen (secondary N) is 1. The van der Waals surface area contributed by atoms with Gasteiger partial charge in [-0.1, -0.05) is 81.5 Å². The number of benzene rings is 2. The van der Waals surface area contributed by atoms with E-state index < -0.39 is 12.0 Å². The first kappa shape index (κ1) is 20.0. The summed E-state index contributed by atoms with van der Waals surface area (Å²) in [6.45, 7) is 2.18. The third kappa shape index (κ3) is 6.17. The van der Waals surface area contributed by atoms with Gasteiger partial charge in [-0.2, -0.15) is 0 Å². The Labute approximate surface area is 155 Å². The topological polar surface area (TPSA) is 66.4 Å². The molecule has 1 amide bonds. The number of aliphatic carboxylic acids is 1. The Bertz CT molecular complexity index is 721. The van der Waals surface area contributed by atoms with Gasteiger partial charge in [-0.25, -0.2) is 4.79 Å². The van der Waals surface area contributed by atoms with Gasteiger partial charge in [0.05, 0.1) is 0 Å². The number of fused-ring (bicyclic) bond motifs is 1. The second-order valence-corrected chi connectivity index (χ2v) is 6.82. The molecule has 1 atom stereocenters. The number of carboxylic acids is 1. The van der Waals surface area contributed by atoms with Gasteiger partial charge in [-0.15, -0.1) is 0 Å². The predicted octanol–water partition coefficient (Wildman–Crippen LogP) is 4.70. The van der Waals surface area contributed by atoms with Crippen molar-refractivity contribution in [1.29, 1.82) is 0 Å². The molecule has 0 bridgehead atoms. The standard InChI is InChI=1S/C22H29NO3/c1-2-3-4-5-6-7-15-21(24)23-20(22(25)26)16-18-13-10-12-17-11-8-9-14-19(17)18/h8-14,20H,2-7,15-16H2,1H3,(H,23,24)(H,25,26)/t20-/m0/s1. The van der Waals surface area contributed by atoms with Crippen LogP contribution in [-0.4, -0.2) is 23.0 Å². The summed E-state index contributed by atoms with van der Waals surface area (Å²) in [6, 6.07) is 12.9. The van der Waals surface area contributed by atoms with Crippen molar-refractivity contribution < 1.29 is 14.7 Å². The van der Waals surface area contributed by atoms with Crippen molar-refractivity contribution >= 4 is 22.6 Å². The Morgan fingerprint density at radius 1 is 0.962 bits per heavy atom. The van der Waals surface area contributed by atoms with Crippen LogP contribution in [0.4, 0.5) is 0 Å².